The van der Waals surface area contributed by atoms with Crippen molar-refractivity contribution < 1.29 is 4.74 Å². The van der Waals surface area contributed by atoms with Gasteiger partial charge in [0.15, 0.2) is 0 Å². The predicted octanol–water partition coefficient (Wildman–Crippen LogP) is 2.81. The van der Waals surface area contributed by atoms with E-state index in [2.05, 4.69) is 9.97 Å². The topological polar surface area (TPSA) is 37.9 Å². The van der Waals surface area contributed by atoms with Crippen molar-refractivity contribution in [3.8, 4) is 16.9 Å². The molecule has 0 atom stereocenters. The number of hydrogen-bond acceptors (Lipinski definition) is 3. The average molecular weight is 218 g/mol. The van der Waals surface area contributed by atoms with Crippen molar-refractivity contribution in [2.45, 2.75) is 0 Å². The van der Waals surface area contributed by atoms with Crippen LogP contribution in [0.2, 0.25) is 0 Å². The van der Waals surface area contributed by atoms with Crippen LogP contribution in [0.15, 0.2) is 36.8 Å². The summed E-state index contributed by atoms with van der Waals surface area (Å²) in [6.07, 6.45) is 3.33. The third kappa shape index (κ3) is 2.05. The number of methoxy groups -OCH3 is 1. The minimum atomic E-state index is 0.690. The lowest BCUT2D eigenvalue weighted by molar-refractivity contribution is 0.415. The SMILES string of the molecule is COc1ccc(-c2cnc[nH]c2=S)cc1. The van der Waals surface area contributed by atoms with Crippen molar-refractivity contribution in [1.29, 1.82) is 0 Å². The van der Waals surface area contributed by atoms with Gasteiger partial charge in [-0.05, 0) is 17.7 Å². The maximum Gasteiger partial charge on any atom is 0.118 e. The maximum absolute atomic E-state index is 5.17. The number of aromatic amines is 1. The maximum atomic E-state index is 5.17. The normalized spacial score (nSPS) is 9.93. The van der Waals surface area contributed by atoms with Crippen LogP contribution >= 0.6 is 12.2 Å². The zero-order valence-electron chi connectivity index (χ0n) is 8.23. The summed E-state index contributed by atoms with van der Waals surface area (Å²) >= 11 is 5.17. The summed E-state index contributed by atoms with van der Waals surface area (Å²) in [5.41, 5.74) is 1.96. The smallest absolute Gasteiger partial charge is 0.118 e. The van der Waals surface area contributed by atoms with Gasteiger partial charge in [0.05, 0.1) is 13.4 Å². The van der Waals surface area contributed by atoms with Gasteiger partial charge < -0.3 is 9.72 Å². The van der Waals surface area contributed by atoms with E-state index >= 15 is 0 Å². The Morgan fingerprint density at radius 3 is 2.60 bits per heavy atom. The first-order valence-electron chi connectivity index (χ1n) is 4.48. The van der Waals surface area contributed by atoms with Crippen LogP contribution in [0.3, 0.4) is 0 Å². The molecule has 0 aliphatic rings. The van der Waals surface area contributed by atoms with Crippen LogP contribution in [-0.4, -0.2) is 17.1 Å². The van der Waals surface area contributed by atoms with Crippen molar-refractivity contribution in [1.82, 2.24) is 9.97 Å². The molecule has 0 aliphatic carbocycles. The molecule has 0 amide bonds. The minimum absolute atomic E-state index is 0.690. The predicted molar refractivity (Wildman–Crippen MR) is 61.4 cm³/mol. The van der Waals surface area contributed by atoms with E-state index in [0.29, 0.717) is 4.64 Å². The highest BCUT2D eigenvalue weighted by Crippen LogP contribution is 2.21. The fraction of sp³-hybridized carbons (Fsp3) is 0.0909. The second kappa shape index (κ2) is 4.23. The van der Waals surface area contributed by atoms with Crippen molar-refractivity contribution >= 4 is 12.2 Å². The largest absolute Gasteiger partial charge is 0.497 e. The standard InChI is InChI=1S/C11H10N2OS/c1-14-9-4-2-8(3-5-9)10-6-12-7-13-11(10)15/h2-7H,1H3,(H,12,13,15). The molecule has 3 nitrogen and oxygen atoms in total. The van der Waals surface area contributed by atoms with Gasteiger partial charge in [0, 0.05) is 11.8 Å². The molecule has 0 aliphatic heterocycles. The van der Waals surface area contributed by atoms with E-state index in [9.17, 15) is 0 Å². The van der Waals surface area contributed by atoms with Gasteiger partial charge in [-0.25, -0.2) is 4.98 Å². The highest BCUT2D eigenvalue weighted by molar-refractivity contribution is 7.71. The fourth-order valence-electron chi connectivity index (χ4n) is 1.32. The molecular weight excluding hydrogens is 208 g/mol. The van der Waals surface area contributed by atoms with Gasteiger partial charge in [-0.1, -0.05) is 24.4 Å². The summed E-state index contributed by atoms with van der Waals surface area (Å²) < 4.78 is 5.78. The van der Waals surface area contributed by atoms with Crippen molar-refractivity contribution in [2.24, 2.45) is 0 Å². The third-order valence-electron chi connectivity index (χ3n) is 2.12. The molecule has 1 aromatic carbocycles. The first-order valence-corrected chi connectivity index (χ1v) is 4.89. The van der Waals surface area contributed by atoms with Crippen molar-refractivity contribution in [2.75, 3.05) is 7.11 Å². The van der Waals surface area contributed by atoms with Gasteiger partial charge in [0.1, 0.15) is 10.4 Å². The zero-order chi connectivity index (χ0) is 10.7. The number of H-pyrrole nitrogens is 1. The molecule has 4 heteroatoms. The number of rotatable bonds is 2. The second-order valence-electron chi connectivity index (χ2n) is 3.02. The minimum Gasteiger partial charge on any atom is -0.497 e. The zero-order valence-corrected chi connectivity index (χ0v) is 9.04. The molecule has 0 unspecified atom stereocenters. The number of hydrogen-bond donors (Lipinski definition) is 1. The number of nitrogens with zero attached hydrogens (tertiary/aromatic N) is 1. The molecule has 76 valence electrons. The van der Waals surface area contributed by atoms with Crippen molar-refractivity contribution in [3.63, 3.8) is 0 Å². The Balaban J connectivity index is 2.46. The summed E-state index contributed by atoms with van der Waals surface area (Å²) in [7, 11) is 1.64. The Morgan fingerprint density at radius 1 is 1.27 bits per heavy atom. The second-order valence-corrected chi connectivity index (χ2v) is 3.43. The Bertz CT molecular complexity index is 504. The molecule has 1 N–H and O–H groups in total. The summed E-state index contributed by atoms with van der Waals surface area (Å²) in [4.78, 5) is 6.91. The van der Waals surface area contributed by atoms with E-state index in [-0.39, 0.29) is 0 Å². The lowest BCUT2D eigenvalue weighted by atomic mass is 10.1. The van der Waals surface area contributed by atoms with E-state index < -0.39 is 0 Å². The monoisotopic (exact) mass is 218 g/mol. The third-order valence-corrected chi connectivity index (χ3v) is 2.46. The number of aromatic nitrogens is 2. The molecule has 0 saturated carbocycles. The molecule has 15 heavy (non-hydrogen) atoms. The fourth-order valence-corrected chi connectivity index (χ4v) is 1.54. The molecule has 2 aromatic rings. The van der Waals surface area contributed by atoms with Crippen LogP contribution in [-0.2, 0) is 0 Å². The molecule has 1 heterocycles. The molecule has 2 rings (SSSR count). The Morgan fingerprint density at radius 2 is 2.00 bits per heavy atom. The van der Waals surface area contributed by atoms with Crippen LogP contribution in [0.25, 0.3) is 11.1 Å². The van der Waals surface area contributed by atoms with Gasteiger partial charge in [0.2, 0.25) is 0 Å². The van der Waals surface area contributed by atoms with Crippen LogP contribution < -0.4 is 4.74 Å². The van der Waals surface area contributed by atoms with Gasteiger partial charge in [-0.3, -0.25) is 0 Å². The van der Waals surface area contributed by atoms with Gasteiger partial charge in [-0.15, -0.1) is 0 Å². The quantitative estimate of drug-likeness (QED) is 0.788. The van der Waals surface area contributed by atoms with E-state index in [1.165, 1.54) is 0 Å². The van der Waals surface area contributed by atoms with Gasteiger partial charge >= 0.3 is 0 Å². The van der Waals surface area contributed by atoms with E-state index in [0.717, 1.165) is 16.9 Å². The molecule has 0 spiro atoms. The first-order chi connectivity index (χ1) is 7.31. The average Bonchev–Trinajstić information content (AvgIpc) is 2.30. The summed E-state index contributed by atoms with van der Waals surface area (Å²) in [5, 5.41) is 0. The van der Waals surface area contributed by atoms with Gasteiger partial charge in [-0.2, -0.15) is 0 Å². The molecule has 0 radical (unpaired) electrons. The van der Waals surface area contributed by atoms with Crippen LogP contribution in [0.1, 0.15) is 0 Å². The number of ether oxygens (including phenoxy) is 1. The molecular formula is C11H10N2OS. The molecule has 0 bridgehead atoms. The molecule has 1 aromatic heterocycles. The van der Waals surface area contributed by atoms with Crippen LogP contribution in [0.4, 0.5) is 0 Å². The number of benzene rings is 1. The molecule has 0 saturated heterocycles. The first kappa shape index (κ1) is 9.86. The lowest BCUT2D eigenvalue weighted by Gasteiger charge is -2.02. The van der Waals surface area contributed by atoms with Crippen molar-refractivity contribution in [3.05, 3.63) is 41.4 Å². The summed E-state index contributed by atoms with van der Waals surface area (Å²) in [6, 6.07) is 7.72. The van der Waals surface area contributed by atoms with E-state index in [1.54, 1.807) is 19.6 Å². The van der Waals surface area contributed by atoms with Crippen LogP contribution in [0.5, 0.6) is 5.75 Å². The van der Waals surface area contributed by atoms with E-state index in [4.69, 9.17) is 17.0 Å². The summed E-state index contributed by atoms with van der Waals surface area (Å²) in [6.45, 7) is 0. The Hall–Kier alpha value is -1.68. The highest BCUT2D eigenvalue weighted by atomic mass is 32.1. The molecule has 0 fully saturated rings. The number of nitrogens with one attached hydrogen (secondary N) is 1. The van der Waals surface area contributed by atoms with Gasteiger partial charge in [0.25, 0.3) is 0 Å². The highest BCUT2D eigenvalue weighted by Gasteiger charge is 2.00. The Kier molecular flexibility index (Phi) is 2.78. The Labute approximate surface area is 92.8 Å². The van der Waals surface area contributed by atoms with Crippen LogP contribution in [0, 0.1) is 4.64 Å². The summed E-state index contributed by atoms with van der Waals surface area (Å²) in [5.74, 6) is 0.831. The lowest BCUT2D eigenvalue weighted by Crippen LogP contribution is -1.86. The van der Waals surface area contributed by atoms with E-state index in [1.807, 2.05) is 24.3 Å².